The molecule has 1 aliphatic rings. The highest BCUT2D eigenvalue weighted by atomic mass is 19.1. The van der Waals surface area contributed by atoms with Gasteiger partial charge in [0.05, 0.1) is 29.2 Å². The summed E-state index contributed by atoms with van der Waals surface area (Å²) in [5, 5.41) is 0.427. The van der Waals surface area contributed by atoms with Crippen LogP contribution in [-0.2, 0) is 4.74 Å². The number of methoxy groups -OCH3 is 1. The molecule has 3 aromatic carbocycles. The molecule has 0 radical (unpaired) electrons. The van der Waals surface area contributed by atoms with Gasteiger partial charge in [0.1, 0.15) is 11.6 Å². The molecule has 1 amide bonds. The predicted molar refractivity (Wildman–Crippen MR) is 136 cm³/mol. The quantitative estimate of drug-likeness (QED) is 0.352. The van der Waals surface area contributed by atoms with E-state index < -0.39 is 11.9 Å². The molecular formula is C28H26FN3O5. The summed E-state index contributed by atoms with van der Waals surface area (Å²) in [6.45, 7) is 2.56. The highest BCUT2D eigenvalue weighted by Crippen LogP contribution is 2.34. The second kappa shape index (κ2) is 10.4. The summed E-state index contributed by atoms with van der Waals surface area (Å²) in [5.41, 5.74) is 1.09. The average Bonchev–Trinajstić information content (AvgIpc) is 3.39. The highest BCUT2D eigenvalue weighted by molar-refractivity contribution is 5.95. The van der Waals surface area contributed by atoms with Crippen molar-refractivity contribution in [1.29, 1.82) is 0 Å². The van der Waals surface area contributed by atoms with Crippen molar-refractivity contribution in [2.24, 2.45) is 0 Å². The molecule has 0 N–H and O–H groups in total. The summed E-state index contributed by atoms with van der Waals surface area (Å²) in [6.07, 6.45) is 0.464. The van der Waals surface area contributed by atoms with Crippen LogP contribution in [0, 0.1) is 5.82 Å². The summed E-state index contributed by atoms with van der Waals surface area (Å²) in [7, 11) is 1.56. The normalized spacial score (nSPS) is 13.1. The predicted octanol–water partition coefficient (Wildman–Crippen LogP) is 4.49. The Morgan fingerprint density at radius 1 is 1.11 bits per heavy atom. The Hall–Kier alpha value is -4.24. The molecular weight excluding hydrogens is 477 g/mol. The van der Waals surface area contributed by atoms with E-state index in [0.29, 0.717) is 45.9 Å². The summed E-state index contributed by atoms with van der Waals surface area (Å²) >= 11 is 0. The molecule has 1 aromatic heterocycles. The Kier molecular flexibility index (Phi) is 6.87. The number of hydrogen-bond donors (Lipinski definition) is 0. The highest BCUT2D eigenvalue weighted by Gasteiger charge is 2.30. The van der Waals surface area contributed by atoms with Crippen LogP contribution < -0.4 is 15.0 Å². The van der Waals surface area contributed by atoms with Crippen LogP contribution in [0.25, 0.3) is 16.6 Å². The van der Waals surface area contributed by atoms with Crippen molar-refractivity contribution in [3.8, 4) is 17.2 Å². The Morgan fingerprint density at radius 3 is 2.62 bits per heavy atom. The first-order valence-corrected chi connectivity index (χ1v) is 12.0. The third kappa shape index (κ3) is 4.65. The number of fused-ring (bicyclic) bond motifs is 2. The van der Waals surface area contributed by atoms with Gasteiger partial charge in [-0.1, -0.05) is 19.1 Å². The van der Waals surface area contributed by atoms with Crippen LogP contribution in [-0.4, -0.2) is 47.4 Å². The lowest BCUT2D eigenvalue weighted by molar-refractivity contribution is 0.0579. The zero-order valence-corrected chi connectivity index (χ0v) is 20.5. The second-order valence-electron chi connectivity index (χ2n) is 8.59. The maximum absolute atomic E-state index is 13.9. The molecule has 2 heterocycles. The van der Waals surface area contributed by atoms with Crippen molar-refractivity contribution >= 4 is 16.8 Å². The molecule has 37 heavy (non-hydrogen) atoms. The summed E-state index contributed by atoms with van der Waals surface area (Å²) in [5.74, 6) is 0.767. The molecule has 1 unspecified atom stereocenters. The van der Waals surface area contributed by atoms with Crippen molar-refractivity contribution in [3.05, 3.63) is 94.3 Å². The maximum Gasteiger partial charge on any atom is 0.266 e. The van der Waals surface area contributed by atoms with Crippen LogP contribution in [0.15, 0.2) is 71.5 Å². The molecule has 4 aromatic rings. The number of benzene rings is 3. The fraction of sp³-hybridized carbons (Fsp3) is 0.250. The van der Waals surface area contributed by atoms with E-state index in [-0.39, 0.29) is 31.4 Å². The van der Waals surface area contributed by atoms with Crippen molar-refractivity contribution in [2.45, 2.75) is 19.4 Å². The Labute approximate surface area is 212 Å². The lowest BCUT2D eigenvalue weighted by Crippen LogP contribution is -2.40. The van der Waals surface area contributed by atoms with Gasteiger partial charge in [-0.05, 0) is 61.0 Å². The van der Waals surface area contributed by atoms with Crippen molar-refractivity contribution in [3.63, 3.8) is 0 Å². The van der Waals surface area contributed by atoms with E-state index in [4.69, 9.17) is 19.2 Å². The first-order chi connectivity index (χ1) is 18.0. The number of halogens is 1. The van der Waals surface area contributed by atoms with Crippen LogP contribution in [0.1, 0.15) is 35.6 Å². The average molecular weight is 504 g/mol. The van der Waals surface area contributed by atoms with E-state index in [0.717, 1.165) is 0 Å². The molecule has 190 valence electrons. The fourth-order valence-electron chi connectivity index (χ4n) is 4.54. The lowest BCUT2D eigenvalue weighted by Gasteiger charge is -2.32. The van der Waals surface area contributed by atoms with Gasteiger partial charge in [-0.2, -0.15) is 0 Å². The summed E-state index contributed by atoms with van der Waals surface area (Å²) < 4.78 is 31.4. The number of amides is 1. The monoisotopic (exact) mass is 503 g/mol. The molecule has 0 bridgehead atoms. The van der Waals surface area contributed by atoms with Gasteiger partial charge in [0.25, 0.3) is 11.5 Å². The van der Waals surface area contributed by atoms with Gasteiger partial charge in [-0.3, -0.25) is 14.2 Å². The van der Waals surface area contributed by atoms with Crippen LogP contribution in [0.2, 0.25) is 0 Å². The number of hydrogen-bond acceptors (Lipinski definition) is 6. The van der Waals surface area contributed by atoms with E-state index >= 15 is 0 Å². The number of carbonyl (C=O) groups is 1. The summed E-state index contributed by atoms with van der Waals surface area (Å²) in [6, 6.07) is 17.1. The number of para-hydroxylation sites is 1. The van der Waals surface area contributed by atoms with Gasteiger partial charge in [0.2, 0.25) is 6.79 Å². The van der Waals surface area contributed by atoms with Gasteiger partial charge in [0, 0.05) is 19.2 Å². The van der Waals surface area contributed by atoms with E-state index in [2.05, 4.69) is 0 Å². The summed E-state index contributed by atoms with van der Waals surface area (Å²) in [4.78, 5) is 34.1. The standard InChI is InChI=1S/C28H26FN3O5/c1-3-23(31(14-15-35-2)27(33)18-8-13-24-25(16-18)37-17-36-24)26-30-22-7-5-4-6-21(22)28(34)32(26)20-11-9-19(29)10-12-20/h4-13,16,23H,3,14-15,17H2,1-2H3. The first-order valence-electron chi connectivity index (χ1n) is 12.0. The van der Waals surface area contributed by atoms with Crippen LogP contribution >= 0.6 is 0 Å². The number of rotatable bonds is 8. The second-order valence-corrected chi connectivity index (χ2v) is 8.59. The number of carbonyl (C=O) groups excluding carboxylic acids is 1. The molecule has 8 nitrogen and oxygen atoms in total. The third-order valence-electron chi connectivity index (χ3n) is 6.36. The van der Waals surface area contributed by atoms with Gasteiger partial charge < -0.3 is 19.1 Å². The first kappa shape index (κ1) is 24.5. The molecule has 5 rings (SSSR count). The van der Waals surface area contributed by atoms with E-state index in [1.807, 2.05) is 13.0 Å². The molecule has 0 saturated carbocycles. The minimum Gasteiger partial charge on any atom is -0.454 e. The van der Waals surface area contributed by atoms with Crippen LogP contribution in [0.5, 0.6) is 11.5 Å². The molecule has 0 saturated heterocycles. The minimum absolute atomic E-state index is 0.100. The molecule has 0 aliphatic carbocycles. The maximum atomic E-state index is 13.9. The van der Waals surface area contributed by atoms with E-state index in [1.165, 1.54) is 28.8 Å². The Morgan fingerprint density at radius 2 is 1.86 bits per heavy atom. The van der Waals surface area contributed by atoms with Crippen LogP contribution in [0.3, 0.4) is 0 Å². The minimum atomic E-state index is -0.588. The zero-order valence-electron chi connectivity index (χ0n) is 20.5. The largest absolute Gasteiger partial charge is 0.454 e. The number of nitrogens with zero attached hydrogens (tertiary/aromatic N) is 3. The zero-order chi connectivity index (χ0) is 25.9. The van der Waals surface area contributed by atoms with Crippen molar-refractivity contribution in [1.82, 2.24) is 14.5 Å². The van der Waals surface area contributed by atoms with E-state index in [1.54, 1.807) is 48.4 Å². The number of aromatic nitrogens is 2. The van der Waals surface area contributed by atoms with Crippen LogP contribution in [0.4, 0.5) is 4.39 Å². The Balaban J connectivity index is 1.67. The van der Waals surface area contributed by atoms with Gasteiger partial charge in [0.15, 0.2) is 11.5 Å². The van der Waals surface area contributed by atoms with Gasteiger partial charge in [-0.25, -0.2) is 9.37 Å². The molecule has 1 aliphatic heterocycles. The molecule has 9 heteroatoms. The SMILES string of the molecule is CCC(c1nc2ccccc2c(=O)n1-c1ccc(F)cc1)N(CCOC)C(=O)c1ccc2c(c1)OCO2. The molecule has 0 spiro atoms. The lowest BCUT2D eigenvalue weighted by atomic mass is 10.1. The fourth-order valence-corrected chi connectivity index (χ4v) is 4.54. The third-order valence-corrected chi connectivity index (χ3v) is 6.36. The molecule has 1 atom stereocenters. The van der Waals surface area contributed by atoms with E-state index in [9.17, 15) is 14.0 Å². The number of ether oxygens (including phenoxy) is 3. The topological polar surface area (TPSA) is 82.9 Å². The smallest absolute Gasteiger partial charge is 0.266 e. The van der Waals surface area contributed by atoms with Gasteiger partial charge >= 0.3 is 0 Å². The Bertz CT molecular complexity index is 1500. The van der Waals surface area contributed by atoms with Crippen molar-refractivity contribution < 1.29 is 23.4 Å². The van der Waals surface area contributed by atoms with Crippen molar-refractivity contribution in [2.75, 3.05) is 27.1 Å². The molecule has 0 fully saturated rings. The van der Waals surface area contributed by atoms with Gasteiger partial charge in [-0.15, -0.1) is 0 Å².